The van der Waals surface area contributed by atoms with E-state index in [0.29, 0.717) is 0 Å². The molecule has 0 aromatic rings. The van der Waals surface area contributed by atoms with Gasteiger partial charge < -0.3 is 9.90 Å². The fourth-order valence-corrected chi connectivity index (χ4v) is 3.15. The van der Waals surface area contributed by atoms with Gasteiger partial charge in [-0.05, 0) is 30.6 Å². The molecule has 0 aromatic carbocycles. The first-order valence-corrected chi connectivity index (χ1v) is 5.18. The molecule has 13 heavy (non-hydrogen) atoms. The number of hydrogen-bond acceptors (Lipinski definition) is 2. The molecule has 2 aliphatic carbocycles. The molecule has 0 radical (unpaired) electrons. The van der Waals surface area contributed by atoms with E-state index >= 15 is 0 Å². The molecule has 2 nitrogen and oxygen atoms in total. The summed E-state index contributed by atoms with van der Waals surface area (Å²) in [6, 6.07) is 0. The number of carbonyl (C=O) groups is 1. The van der Waals surface area contributed by atoms with Crippen molar-refractivity contribution in [3.8, 4) is 0 Å². The Labute approximate surface area is 79.3 Å². The highest BCUT2D eigenvalue weighted by molar-refractivity contribution is 5.67. The van der Waals surface area contributed by atoms with Gasteiger partial charge in [0.05, 0.1) is 6.10 Å². The van der Waals surface area contributed by atoms with Gasteiger partial charge in [-0.25, -0.2) is 0 Å². The second-order valence-electron chi connectivity index (χ2n) is 5.32. The zero-order valence-electron chi connectivity index (χ0n) is 8.42. The summed E-state index contributed by atoms with van der Waals surface area (Å²) >= 11 is 0. The average molecular weight is 182 g/mol. The quantitative estimate of drug-likeness (QED) is 0.661. The van der Waals surface area contributed by atoms with E-state index in [0.717, 1.165) is 32.0 Å². The molecule has 0 saturated heterocycles. The van der Waals surface area contributed by atoms with Gasteiger partial charge in [-0.15, -0.1) is 0 Å². The zero-order chi connectivity index (χ0) is 9.69. The Kier molecular flexibility index (Phi) is 1.82. The Morgan fingerprint density at radius 1 is 1.38 bits per heavy atom. The molecular weight excluding hydrogens is 164 g/mol. The number of hydrogen-bond donors (Lipinski definition) is 1. The van der Waals surface area contributed by atoms with E-state index in [4.69, 9.17) is 0 Å². The van der Waals surface area contributed by atoms with Crippen LogP contribution in [-0.4, -0.2) is 17.5 Å². The van der Waals surface area contributed by atoms with Crippen molar-refractivity contribution < 1.29 is 9.90 Å². The second kappa shape index (κ2) is 2.57. The van der Waals surface area contributed by atoms with E-state index in [1.54, 1.807) is 0 Å². The van der Waals surface area contributed by atoms with Crippen molar-refractivity contribution in [1.82, 2.24) is 0 Å². The molecule has 0 aromatic heterocycles. The predicted molar refractivity (Wildman–Crippen MR) is 50.2 cm³/mol. The molecule has 0 bridgehead atoms. The largest absolute Gasteiger partial charge is 0.393 e. The topological polar surface area (TPSA) is 37.3 Å². The Bertz CT molecular complexity index is 234. The van der Waals surface area contributed by atoms with Crippen molar-refractivity contribution in [3.63, 3.8) is 0 Å². The Hall–Kier alpha value is -0.370. The molecule has 2 aliphatic rings. The minimum absolute atomic E-state index is 0.130. The predicted octanol–water partition coefficient (Wildman–Crippen LogP) is 1.76. The maximum atomic E-state index is 11.1. The van der Waals surface area contributed by atoms with Crippen LogP contribution in [0.15, 0.2) is 0 Å². The van der Waals surface area contributed by atoms with E-state index in [1.807, 2.05) is 0 Å². The van der Waals surface area contributed by atoms with Crippen molar-refractivity contribution in [2.75, 3.05) is 0 Å². The fraction of sp³-hybridized carbons (Fsp3) is 0.909. The molecule has 2 saturated carbocycles. The fourth-order valence-electron chi connectivity index (χ4n) is 3.15. The molecule has 0 spiro atoms. The van der Waals surface area contributed by atoms with Crippen LogP contribution in [0, 0.1) is 16.7 Å². The first kappa shape index (κ1) is 9.20. The van der Waals surface area contributed by atoms with Gasteiger partial charge in [0.25, 0.3) is 0 Å². The lowest BCUT2D eigenvalue weighted by Gasteiger charge is -2.24. The van der Waals surface area contributed by atoms with Gasteiger partial charge in [0.1, 0.15) is 6.29 Å². The van der Waals surface area contributed by atoms with Crippen LogP contribution in [0.25, 0.3) is 0 Å². The van der Waals surface area contributed by atoms with Crippen molar-refractivity contribution in [3.05, 3.63) is 0 Å². The molecular formula is C11H18O2. The van der Waals surface area contributed by atoms with Gasteiger partial charge >= 0.3 is 0 Å². The molecule has 0 heterocycles. The van der Waals surface area contributed by atoms with Crippen LogP contribution in [0.1, 0.15) is 39.5 Å². The highest BCUT2D eigenvalue weighted by atomic mass is 16.3. The van der Waals surface area contributed by atoms with Crippen LogP contribution in [0.3, 0.4) is 0 Å². The molecule has 0 amide bonds. The van der Waals surface area contributed by atoms with Gasteiger partial charge in [-0.3, -0.25) is 0 Å². The summed E-state index contributed by atoms with van der Waals surface area (Å²) in [5.41, 5.74) is -0.0619. The van der Waals surface area contributed by atoms with Crippen molar-refractivity contribution in [2.45, 2.75) is 45.6 Å². The molecule has 2 fully saturated rings. The summed E-state index contributed by atoms with van der Waals surface area (Å²) in [7, 11) is 0. The Balaban J connectivity index is 2.19. The highest BCUT2D eigenvalue weighted by Crippen LogP contribution is 2.68. The SMILES string of the molecule is CC1(C)CC1(C=O)C1CCCC1O. The number of rotatable bonds is 2. The van der Waals surface area contributed by atoms with E-state index < -0.39 is 0 Å². The molecule has 3 atom stereocenters. The normalized spacial score (nSPS) is 47.6. The number of aliphatic hydroxyl groups excluding tert-OH is 1. The van der Waals surface area contributed by atoms with Crippen LogP contribution < -0.4 is 0 Å². The smallest absolute Gasteiger partial charge is 0.127 e. The third-order valence-corrected chi connectivity index (χ3v) is 4.22. The van der Waals surface area contributed by atoms with Gasteiger partial charge in [0.2, 0.25) is 0 Å². The molecule has 3 unspecified atom stereocenters. The molecule has 74 valence electrons. The second-order valence-corrected chi connectivity index (χ2v) is 5.32. The third-order valence-electron chi connectivity index (χ3n) is 4.22. The van der Waals surface area contributed by atoms with Crippen LogP contribution >= 0.6 is 0 Å². The molecule has 0 aliphatic heterocycles. The summed E-state index contributed by atoms with van der Waals surface area (Å²) < 4.78 is 0. The lowest BCUT2D eigenvalue weighted by molar-refractivity contribution is -0.116. The average Bonchev–Trinajstić information content (AvgIpc) is 2.43. The number of aldehydes is 1. The van der Waals surface area contributed by atoms with Crippen LogP contribution in [0.4, 0.5) is 0 Å². The molecule has 2 heteroatoms. The standard InChI is InChI=1S/C11H18O2/c1-10(2)6-11(10,7-12)8-4-3-5-9(8)13/h7-9,13H,3-6H2,1-2H3. The zero-order valence-corrected chi connectivity index (χ0v) is 8.42. The van der Waals surface area contributed by atoms with Crippen molar-refractivity contribution in [1.29, 1.82) is 0 Å². The minimum atomic E-state index is -0.230. The summed E-state index contributed by atoms with van der Waals surface area (Å²) in [5, 5.41) is 9.77. The van der Waals surface area contributed by atoms with Crippen LogP contribution in [-0.2, 0) is 4.79 Å². The lowest BCUT2D eigenvalue weighted by Crippen LogP contribution is -2.29. The lowest BCUT2D eigenvalue weighted by atomic mass is 9.81. The van der Waals surface area contributed by atoms with Crippen LogP contribution in [0.5, 0.6) is 0 Å². The molecule has 1 N–H and O–H groups in total. The first-order valence-electron chi connectivity index (χ1n) is 5.18. The van der Waals surface area contributed by atoms with Gasteiger partial charge in [0.15, 0.2) is 0 Å². The van der Waals surface area contributed by atoms with E-state index in [-0.39, 0.29) is 22.9 Å². The Morgan fingerprint density at radius 3 is 2.31 bits per heavy atom. The summed E-state index contributed by atoms with van der Waals surface area (Å²) in [6.07, 6.45) is 4.83. The molecule has 2 rings (SSSR count). The third kappa shape index (κ3) is 1.08. The minimum Gasteiger partial charge on any atom is -0.393 e. The summed E-state index contributed by atoms with van der Waals surface area (Å²) in [6.45, 7) is 4.26. The number of aliphatic hydroxyl groups is 1. The van der Waals surface area contributed by atoms with Gasteiger partial charge in [-0.1, -0.05) is 20.3 Å². The number of carbonyl (C=O) groups excluding carboxylic acids is 1. The van der Waals surface area contributed by atoms with Gasteiger partial charge in [-0.2, -0.15) is 0 Å². The van der Waals surface area contributed by atoms with E-state index in [2.05, 4.69) is 13.8 Å². The van der Waals surface area contributed by atoms with Crippen molar-refractivity contribution in [2.24, 2.45) is 16.7 Å². The Morgan fingerprint density at radius 2 is 2.00 bits per heavy atom. The van der Waals surface area contributed by atoms with Crippen molar-refractivity contribution >= 4 is 6.29 Å². The first-order chi connectivity index (χ1) is 6.03. The maximum absolute atomic E-state index is 11.1. The monoisotopic (exact) mass is 182 g/mol. The van der Waals surface area contributed by atoms with E-state index in [9.17, 15) is 9.90 Å². The van der Waals surface area contributed by atoms with Gasteiger partial charge in [0, 0.05) is 5.41 Å². The van der Waals surface area contributed by atoms with Crippen LogP contribution in [0.2, 0.25) is 0 Å². The maximum Gasteiger partial charge on any atom is 0.127 e. The highest BCUT2D eigenvalue weighted by Gasteiger charge is 2.66. The van der Waals surface area contributed by atoms with E-state index in [1.165, 1.54) is 0 Å². The summed E-state index contributed by atoms with van der Waals surface area (Å²) in [4.78, 5) is 11.1. The summed E-state index contributed by atoms with van der Waals surface area (Å²) in [5.74, 6) is 0.236.